The average molecular weight is 400 g/mol. The minimum atomic E-state index is -4.75. The molecule has 8 nitrogen and oxygen atoms in total. The number of carbonyl (C=O) groups is 1. The smallest absolute Gasteiger partial charge is 0.452 e. The highest BCUT2D eigenvalue weighted by molar-refractivity contribution is 6.01. The lowest BCUT2D eigenvalue weighted by atomic mass is 10.1. The van der Waals surface area contributed by atoms with E-state index in [1.807, 2.05) is 0 Å². The molecular weight excluding hydrogens is 388 g/mol. The molecule has 148 valence electrons. The predicted molar refractivity (Wildman–Crippen MR) is 87.2 cm³/mol. The van der Waals surface area contributed by atoms with Gasteiger partial charge in [-0.1, -0.05) is 5.16 Å². The second-order valence-corrected chi connectivity index (χ2v) is 5.25. The number of ether oxygens (including phenoxy) is 1. The van der Waals surface area contributed by atoms with Gasteiger partial charge < -0.3 is 19.0 Å². The third kappa shape index (κ3) is 4.22. The molecular formula is C16H12F4N4O4. The predicted octanol–water partition coefficient (Wildman–Crippen LogP) is 4.53. The average Bonchev–Trinajstić information content (AvgIpc) is 3.28. The number of anilines is 2. The van der Waals surface area contributed by atoms with E-state index in [9.17, 15) is 22.4 Å². The van der Waals surface area contributed by atoms with Gasteiger partial charge in [0.15, 0.2) is 17.4 Å². The van der Waals surface area contributed by atoms with Crippen molar-refractivity contribution in [1.82, 2.24) is 10.1 Å². The molecule has 2 amide bonds. The van der Waals surface area contributed by atoms with Gasteiger partial charge in [0.05, 0.1) is 24.1 Å². The maximum absolute atomic E-state index is 14.2. The van der Waals surface area contributed by atoms with Crippen molar-refractivity contribution >= 4 is 17.5 Å². The van der Waals surface area contributed by atoms with Crippen molar-refractivity contribution in [2.75, 3.05) is 17.2 Å². The van der Waals surface area contributed by atoms with Crippen molar-refractivity contribution < 1.29 is 36.0 Å². The zero-order valence-electron chi connectivity index (χ0n) is 14.1. The van der Waals surface area contributed by atoms with Gasteiger partial charge in [-0.2, -0.15) is 13.2 Å². The normalized spacial score (nSPS) is 11.3. The van der Waals surface area contributed by atoms with Crippen molar-refractivity contribution in [3.63, 3.8) is 0 Å². The Bertz CT molecular complexity index is 970. The van der Waals surface area contributed by atoms with Gasteiger partial charge in [0.25, 0.3) is 0 Å². The summed E-state index contributed by atoms with van der Waals surface area (Å²) in [6.07, 6.45) is -2.13. The SMILES string of the molecule is CCOc1cc(-c2ncco2)c(NC(=O)Nc2cc(C(F)(F)F)on2)cc1F. The molecule has 0 saturated heterocycles. The fraction of sp³-hybridized carbons (Fsp3) is 0.188. The number of amides is 2. The van der Waals surface area contributed by atoms with Crippen molar-refractivity contribution in [3.8, 4) is 17.2 Å². The molecule has 12 heteroatoms. The quantitative estimate of drug-likeness (QED) is 0.610. The Morgan fingerprint density at radius 1 is 1.25 bits per heavy atom. The monoisotopic (exact) mass is 400 g/mol. The molecule has 2 aromatic heterocycles. The van der Waals surface area contributed by atoms with E-state index in [4.69, 9.17) is 9.15 Å². The lowest BCUT2D eigenvalue weighted by molar-refractivity contribution is -0.155. The second kappa shape index (κ2) is 7.58. The number of nitrogens with one attached hydrogen (secondary N) is 2. The molecule has 0 unspecified atom stereocenters. The molecule has 28 heavy (non-hydrogen) atoms. The minimum Gasteiger partial charge on any atom is -0.491 e. The molecule has 0 aliphatic heterocycles. The summed E-state index contributed by atoms with van der Waals surface area (Å²) in [7, 11) is 0. The number of hydrogen-bond acceptors (Lipinski definition) is 6. The Morgan fingerprint density at radius 2 is 2.04 bits per heavy atom. The van der Waals surface area contributed by atoms with Crippen LogP contribution in [0.5, 0.6) is 5.75 Å². The molecule has 0 bridgehead atoms. The van der Waals surface area contributed by atoms with E-state index in [0.717, 1.165) is 6.07 Å². The van der Waals surface area contributed by atoms with E-state index < -0.39 is 29.6 Å². The molecule has 3 aromatic rings. The fourth-order valence-corrected chi connectivity index (χ4v) is 2.19. The van der Waals surface area contributed by atoms with E-state index in [1.165, 1.54) is 18.5 Å². The topological polar surface area (TPSA) is 102 Å². The number of aromatic nitrogens is 2. The van der Waals surface area contributed by atoms with Gasteiger partial charge in [-0.25, -0.2) is 14.2 Å². The van der Waals surface area contributed by atoms with Gasteiger partial charge in [-0.15, -0.1) is 0 Å². The largest absolute Gasteiger partial charge is 0.491 e. The maximum atomic E-state index is 14.2. The van der Waals surface area contributed by atoms with Crippen molar-refractivity contribution in [1.29, 1.82) is 0 Å². The van der Waals surface area contributed by atoms with Crippen LogP contribution < -0.4 is 15.4 Å². The number of alkyl halides is 3. The highest BCUT2D eigenvalue weighted by Gasteiger charge is 2.36. The van der Waals surface area contributed by atoms with Gasteiger partial charge in [0.2, 0.25) is 11.7 Å². The summed E-state index contributed by atoms with van der Waals surface area (Å²) < 4.78 is 66.1. The van der Waals surface area contributed by atoms with E-state index >= 15 is 0 Å². The van der Waals surface area contributed by atoms with Crippen LogP contribution in [-0.2, 0) is 6.18 Å². The first-order chi connectivity index (χ1) is 13.3. The van der Waals surface area contributed by atoms with Gasteiger partial charge >= 0.3 is 12.2 Å². The van der Waals surface area contributed by atoms with Crippen molar-refractivity contribution in [3.05, 3.63) is 42.2 Å². The van der Waals surface area contributed by atoms with Gasteiger partial charge in [0.1, 0.15) is 6.26 Å². The highest BCUT2D eigenvalue weighted by atomic mass is 19.4. The van der Waals surface area contributed by atoms with Gasteiger partial charge in [-0.05, 0) is 13.0 Å². The number of rotatable bonds is 5. The van der Waals surface area contributed by atoms with E-state index in [2.05, 4.69) is 25.3 Å². The van der Waals surface area contributed by atoms with Gasteiger partial charge in [-0.3, -0.25) is 5.32 Å². The van der Waals surface area contributed by atoms with Crippen LogP contribution in [0, 0.1) is 5.82 Å². The third-order valence-electron chi connectivity index (χ3n) is 3.31. The first-order valence-corrected chi connectivity index (χ1v) is 7.76. The number of urea groups is 1. The molecule has 1 aromatic carbocycles. The maximum Gasteiger partial charge on any atom is 0.452 e. The first-order valence-electron chi connectivity index (χ1n) is 7.76. The summed E-state index contributed by atoms with van der Waals surface area (Å²) in [5.41, 5.74) is 0.140. The van der Waals surface area contributed by atoms with Crippen LogP contribution in [0.4, 0.5) is 33.9 Å². The fourth-order valence-electron chi connectivity index (χ4n) is 2.19. The van der Waals surface area contributed by atoms with Crippen molar-refractivity contribution in [2.24, 2.45) is 0 Å². The third-order valence-corrected chi connectivity index (χ3v) is 3.31. The van der Waals surface area contributed by atoms with E-state index in [0.29, 0.717) is 6.07 Å². The molecule has 0 atom stereocenters. The van der Waals surface area contributed by atoms with E-state index in [-0.39, 0.29) is 29.5 Å². The zero-order valence-corrected chi connectivity index (χ0v) is 14.1. The van der Waals surface area contributed by atoms with Crippen LogP contribution in [-0.4, -0.2) is 22.8 Å². The molecule has 3 rings (SSSR count). The summed E-state index contributed by atoms with van der Waals surface area (Å²) in [6.45, 7) is 1.86. The van der Waals surface area contributed by atoms with E-state index in [1.54, 1.807) is 6.92 Å². The Labute approximate surface area is 154 Å². The number of carbonyl (C=O) groups excluding carboxylic acids is 1. The molecule has 0 fully saturated rings. The number of halogens is 4. The number of hydrogen-bond donors (Lipinski definition) is 2. The Hall–Kier alpha value is -3.57. The minimum absolute atomic E-state index is 0.0551. The molecule has 2 heterocycles. The van der Waals surface area contributed by atoms with Crippen molar-refractivity contribution in [2.45, 2.75) is 13.1 Å². The molecule has 0 aliphatic carbocycles. The number of oxazole rings is 1. The zero-order chi connectivity index (χ0) is 20.3. The first kappa shape index (κ1) is 19.2. The van der Waals surface area contributed by atoms with Crippen LogP contribution in [0.3, 0.4) is 0 Å². The highest BCUT2D eigenvalue weighted by Crippen LogP contribution is 2.34. The summed E-state index contributed by atoms with van der Waals surface area (Å²) in [5, 5.41) is 7.45. The Kier molecular flexibility index (Phi) is 5.20. The molecule has 0 radical (unpaired) electrons. The molecule has 0 saturated carbocycles. The van der Waals surface area contributed by atoms with Crippen LogP contribution in [0.1, 0.15) is 12.7 Å². The number of nitrogens with zero attached hydrogens (tertiary/aromatic N) is 2. The lowest BCUT2D eigenvalue weighted by Gasteiger charge is -2.12. The molecule has 0 spiro atoms. The Morgan fingerprint density at radius 3 is 2.64 bits per heavy atom. The number of benzene rings is 1. The van der Waals surface area contributed by atoms with Crippen LogP contribution in [0.2, 0.25) is 0 Å². The molecule has 0 aliphatic rings. The molecule has 2 N–H and O–H groups in total. The standard InChI is InChI=1S/C16H12F4N4O4/c1-2-26-11-5-8(14-21-3-4-27-14)10(6-9(11)17)22-15(25)23-13-7-12(28-24-13)16(18,19)20/h3-7H,2H2,1H3,(H2,22,23,24,25). The summed E-state index contributed by atoms with van der Waals surface area (Å²) >= 11 is 0. The second-order valence-electron chi connectivity index (χ2n) is 5.25. The summed E-state index contributed by atoms with van der Waals surface area (Å²) in [4.78, 5) is 16.0. The van der Waals surface area contributed by atoms with Crippen LogP contribution in [0.15, 0.2) is 39.6 Å². The Balaban J connectivity index is 1.83. The lowest BCUT2D eigenvalue weighted by Crippen LogP contribution is -2.20. The van der Waals surface area contributed by atoms with Gasteiger partial charge in [0, 0.05) is 12.1 Å². The van der Waals surface area contributed by atoms with Crippen LogP contribution in [0.25, 0.3) is 11.5 Å². The summed E-state index contributed by atoms with van der Waals surface area (Å²) in [6, 6.07) is 1.76. The van der Waals surface area contributed by atoms with Crippen LogP contribution >= 0.6 is 0 Å². The summed E-state index contributed by atoms with van der Waals surface area (Å²) in [5.74, 6) is -2.65.